The summed E-state index contributed by atoms with van der Waals surface area (Å²) in [5.41, 5.74) is 2.19. The van der Waals surface area contributed by atoms with E-state index in [2.05, 4.69) is 46.9 Å². The number of ether oxygens (including phenoxy) is 2. The molecule has 190 valence electrons. The highest BCUT2D eigenvalue weighted by molar-refractivity contribution is 5.79. The molecule has 2 atom stereocenters. The Kier molecular flexibility index (Phi) is 7.18. The SMILES string of the molecule is C[C@@H]1CN(c2ncc(F)cn2)C[C@H](C)N1CC(=O)N1CC=C(C2=COC=C(C3=CC=CCC3)O2)CC1. The highest BCUT2D eigenvalue weighted by Gasteiger charge is 2.33. The lowest BCUT2D eigenvalue weighted by atomic mass is 10.0. The Bertz CT molecular complexity index is 1130. The molecule has 1 amide bonds. The number of carbonyl (C=O) groups excluding carboxylic acids is 1. The Balaban J connectivity index is 1.15. The van der Waals surface area contributed by atoms with Gasteiger partial charge in [-0.25, -0.2) is 14.4 Å². The largest absolute Gasteiger partial charge is 0.465 e. The zero-order valence-electron chi connectivity index (χ0n) is 20.8. The minimum Gasteiger partial charge on any atom is -0.465 e. The molecule has 5 rings (SSSR count). The molecule has 0 N–H and O–H groups in total. The Morgan fingerprint density at radius 3 is 2.44 bits per heavy atom. The van der Waals surface area contributed by atoms with Crippen molar-refractivity contribution in [2.24, 2.45) is 0 Å². The van der Waals surface area contributed by atoms with Crippen molar-refractivity contribution < 1.29 is 18.7 Å². The second-order valence-electron chi connectivity index (χ2n) is 9.66. The molecule has 0 unspecified atom stereocenters. The summed E-state index contributed by atoms with van der Waals surface area (Å²) in [6, 6.07) is 0.267. The van der Waals surface area contributed by atoms with Crippen molar-refractivity contribution in [1.82, 2.24) is 19.8 Å². The van der Waals surface area contributed by atoms with Crippen LogP contribution in [0.2, 0.25) is 0 Å². The molecule has 1 fully saturated rings. The van der Waals surface area contributed by atoms with Crippen LogP contribution in [0.5, 0.6) is 0 Å². The van der Waals surface area contributed by atoms with Crippen molar-refractivity contribution in [2.45, 2.75) is 45.2 Å². The Hall–Kier alpha value is -3.46. The van der Waals surface area contributed by atoms with E-state index >= 15 is 0 Å². The second kappa shape index (κ2) is 10.7. The van der Waals surface area contributed by atoms with E-state index in [1.165, 1.54) is 12.4 Å². The number of amides is 1. The molecular formula is C27H32FN5O3. The number of anilines is 1. The van der Waals surface area contributed by atoms with E-state index in [0.717, 1.165) is 35.5 Å². The van der Waals surface area contributed by atoms with Crippen LogP contribution in [0, 0.1) is 5.82 Å². The third-order valence-electron chi connectivity index (χ3n) is 7.09. The number of hydrogen-bond donors (Lipinski definition) is 0. The van der Waals surface area contributed by atoms with Gasteiger partial charge in [0, 0.05) is 38.3 Å². The minimum absolute atomic E-state index is 0.116. The number of rotatable bonds is 5. The first-order valence-electron chi connectivity index (χ1n) is 12.5. The summed E-state index contributed by atoms with van der Waals surface area (Å²) in [5, 5.41) is 0. The van der Waals surface area contributed by atoms with Crippen LogP contribution in [0.4, 0.5) is 10.3 Å². The van der Waals surface area contributed by atoms with Gasteiger partial charge in [0.05, 0.1) is 18.9 Å². The number of nitrogens with zero attached hydrogens (tertiary/aromatic N) is 5. The summed E-state index contributed by atoms with van der Waals surface area (Å²) in [6.45, 7) is 7.11. The normalized spacial score (nSPS) is 24.8. The minimum atomic E-state index is -0.447. The maximum Gasteiger partial charge on any atom is 0.237 e. The fourth-order valence-corrected chi connectivity index (χ4v) is 5.09. The molecule has 3 aliphatic heterocycles. The molecule has 1 aromatic rings. The van der Waals surface area contributed by atoms with Crippen molar-refractivity contribution in [2.75, 3.05) is 37.6 Å². The fraction of sp³-hybridized carbons (Fsp3) is 0.444. The van der Waals surface area contributed by atoms with Gasteiger partial charge in [-0.1, -0.05) is 24.3 Å². The quantitative estimate of drug-likeness (QED) is 0.620. The summed E-state index contributed by atoms with van der Waals surface area (Å²) in [5.74, 6) is 1.66. The zero-order valence-corrected chi connectivity index (χ0v) is 20.8. The van der Waals surface area contributed by atoms with Crippen molar-refractivity contribution in [3.05, 3.63) is 77.7 Å². The summed E-state index contributed by atoms with van der Waals surface area (Å²) >= 11 is 0. The molecule has 0 radical (unpaired) electrons. The first kappa shape index (κ1) is 24.2. The van der Waals surface area contributed by atoms with Gasteiger partial charge in [-0.3, -0.25) is 9.69 Å². The molecule has 1 aliphatic carbocycles. The fourth-order valence-electron chi connectivity index (χ4n) is 5.09. The Labute approximate surface area is 211 Å². The molecule has 1 aromatic heterocycles. The van der Waals surface area contributed by atoms with Crippen molar-refractivity contribution in [3.63, 3.8) is 0 Å². The Morgan fingerprint density at radius 1 is 1.08 bits per heavy atom. The molecule has 0 saturated carbocycles. The van der Waals surface area contributed by atoms with E-state index in [1.807, 2.05) is 15.9 Å². The number of hydrogen-bond acceptors (Lipinski definition) is 7. The monoisotopic (exact) mass is 493 g/mol. The van der Waals surface area contributed by atoms with E-state index in [4.69, 9.17) is 9.47 Å². The Morgan fingerprint density at radius 2 is 1.81 bits per heavy atom. The maximum atomic E-state index is 13.2. The third-order valence-corrected chi connectivity index (χ3v) is 7.09. The smallest absolute Gasteiger partial charge is 0.237 e. The van der Waals surface area contributed by atoms with Crippen LogP contribution in [-0.2, 0) is 14.3 Å². The van der Waals surface area contributed by atoms with Crippen LogP contribution >= 0.6 is 0 Å². The van der Waals surface area contributed by atoms with Gasteiger partial charge in [0.25, 0.3) is 0 Å². The van der Waals surface area contributed by atoms with Gasteiger partial charge in [-0.2, -0.15) is 0 Å². The number of aromatic nitrogens is 2. The first-order valence-corrected chi connectivity index (χ1v) is 12.5. The summed E-state index contributed by atoms with van der Waals surface area (Å²) in [4.78, 5) is 27.6. The molecular weight excluding hydrogens is 461 g/mol. The van der Waals surface area contributed by atoms with Gasteiger partial charge in [-0.15, -0.1) is 0 Å². The summed E-state index contributed by atoms with van der Waals surface area (Å²) in [6.07, 6.45) is 16.6. The lowest BCUT2D eigenvalue weighted by molar-refractivity contribution is -0.133. The zero-order chi connectivity index (χ0) is 25.1. The van der Waals surface area contributed by atoms with E-state index in [9.17, 15) is 9.18 Å². The van der Waals surface area contributed by atoms with Crippen LogP contribution in [0.25, 0.3) is 0 Å². The van der Waals surface area contributed by atoms with E-state index < -0.39 is 5.82 Å². The summed E-state index contributed by atoms with van der Waals surface area (Å²) in [7, 11) is 0. The van der Waals surface area contributed by atoms with Crippen LogP contribution in [0.15, 0.2) is 71.9 Å². The highest BCUT2D eigenvalue weighted by Crippen LogP contribution is 2.31. The van der Waals surface area contributed by atoms with Crippen LogP contribution in [-0.4, -0.2) is 70.5 Å². The molecule has 9 heteroatoms. The average molecular weight is 494 g/mol. The maximum absolute atomic E-state index is 13.2. The molecule has 36 heavy (non-hydrogen) atoms. The van der Waals surface area contributed by atoms with Gasteiger partial charge >= 0.3 is 0 Å². The molecule has 8 nitrogen and oxygen atoms in total. The summed E-state index contributed by atoms with van der Waals surface area (Å²) < 4.78 is 24.9. The standard InChI is InChI=1S/C27H32FN5O3/c1-19-14-32(27-29-12-23(28)13-30-27)15-20(2)33(19)16-26(34)31-10-8-22(9-11-31)25-18-35-17-24(36-25)21-6-4-3-5-7-21/h3-4,6,8,12-13,17-20H,5,7,9-11,14-16H2,1-2H3/t19-,20+. The van der Waals surface area contributed by atoms with E-state index in [0.29, 0.717) is 45.1 Å². The molecule has 0 spiro atoms. The highest BCUT2D eigenvalue weighted by atomic mass is 19.1. The van der Waals surface area contributed by atoms with Crippen molar-refractivity contribution in [3.8, 4) is 0 Å². The van der Waals surface area contributed by atoms with Crippen LogP contribution < -0.4 is 4.90 Å². The lowest BCUT2D eigenvalue weighted by Gasteiger charge is -2.44. The third kappa shape index (κ3) is 5.36. The van der Waals surface area contributed by atoms with Gasteiger partial charge < -0.3 is 19.3 Å². The molecule has 1 saturated heterocycles. The van der Waals surface area contributed by atoms with E-state index in [-0.39, 0.29) is 18.0 Å². The van der Waals surface area contributed by atoms with Gasteiger partial charge in [0.1, 0.15) is 12.5 Å². The van der Waals surface area contributed by atoms with E-state index in [1.54, 1.807) is 12.5 Å². The first-order chi connectivity index (χ1) is 17.5. The van der Waals surface area contributed by atoms with Crippen molar-refractivity contribution >= 4 is 11.9 Å². The number of allylic oxidation sites excluding steroid dienone is 5. The van der Waals surface area contributed by atoms with Crippen molar-refractivity contribution in [1.29, 1.82) is 0 Å². The predicted molar refractivity (Wildman–Crippen MR) is 134 cm³/mol. The number of piperazine rings is 1. The molecule has 0 bridgehead atoms. The van der Waals surface area contributed by atoms with Gasteiger partial charge in [0.2, 0.25) is 11.9 Å². The molecule has 4 aliphatic rings. The molecule has 4 heterocycles. The molecule has 0 aromatic carbocycles. The van der Waals surface area contributed by atoms with Crippen LogP contribution in [0.3, 0.4) is 0 Å². The van der Waals surface area contributed by atoms with Gasteiger partial charge in [-0.05, 0) is 44.3 Å². The average Bonchev–Trinajstić information content (AvgIpc) is 2.91. The predicted octanol–water partition coefficient (Wildman–Crippen LogP) is 3.68. The van der Waals surface area contributed by atoms with Crippen LogP contribution in [0.1, 0.15) is 33.1 Å². The second-order valence-corrected chi connectivity index (χ2v) is 9.66. The number of carbonyl (C=O) groups is 1. The number of halogens is 1. The van der Waals surface area contributed by atoms with Gasteiger partial charge in [0.15, 0.2) is 17.3 Å². The topological polar surface area (TPSA) is 71.0 Å². The lowest BCUT2D eigenvalue weighted by Crippen LogP contribution is -2.59.